The van der Waals surface area contributed by atoms with Gasteiger partial charge in [-0.05, 0) is 65.1 Å². The Bertz CT molecular complexity index is 563. The maximum atomic E-state index is 3.61. The molecule has 0 radical (unpaired) electrons. The van der Waals surface area contributed by atoms with Crippen molar-refractivity contribution in [3.63, 3.8) is 0 Å². The monoisotopic (exact) mass is 366 g/mol. The van der Waals surface area contributed by atoms with E-state index in [4.69, 9.17) is 0 Å². The number of nitrogens with one attached hydrogen (secondary N) is 1. The van der Waals surface area contributed by atoms with E-state index in [2.05, 4.69) is 82.6 Å². The van der Waals surface area contributed by atoms with Crippen molar-refractivity contribution in [1.82, 2.24) is 4.90 Å². The molecule has 114 valence electrons. The Morgan fingerprint density at radius 1 is 1.24 bits per heavy atom. The Kier molecular flexibility index (Phi) is 6.27. The van der Waals surface area contributed by atoms with Gasteiger partial charge in [0.05, 0.1) is 6.04 Å². The van der Waals surface area contributed by atoms with Gasteiger partial charge >= 0.3 is 0 Å². The number of hydrogen-bond acceptors (Lipinski definition) is 3. The number of halogens is 1. The van der Waals surface area contributed by atoms with Gasteiger partial charge in [-0.15, -0.1) is 11.3 Å². The predicted molar refractivity (Wildman–Crippen MR) is 97.1 cm³/mol. The van der Waals surface area contributed by atoms with Gasteiger partial charge in [0.15, 0.2) is 0 Å². The van der Waals surface area contributed by atoms with Gasteiger partial charge in [0.2, 0.25) is 0 Å². The van der Waals surface area contributed by atoms with E-state index in [0.29, 0.717) is 6.04 Å². The standard InChI is InChI=1S/C17H23BrN2S/c1-4-20(5-2)12-14-7-6-8-15(11-14)19-13(3)17-16(18)9-10-21-17/h6-11,13,19H,4-5,12H2,1-3H3. The minimum atomic E-state index is 0.308. The van der Waals surface area contributed by atoms with Crippen LogP contribution in [-0.4, -0.2) is 18.0 Å². The van der Waals surface area contributed by atoms with Crippen molar-refractivity contribution >= 4 is 33.0 Å². The molecule has 1 aromatic carbocycles. The van der Waals surface area contributed by atoms with Crippen LogP contribution in [0.5, 0.6) is 0 Å². The lowest BCUT2D eigenvalue weighted by molar-refractivity contribution is 0.296. The first kappa shape index (κ1) is 16.5. The highest BCUT2D eigenvalue weighted by Crippen LogP contribution is 2.31. The first-order valence-electron chi connectivity index (χ1n) is 7.44. The Hall–Kier alpha value is -0.840. The van der Waals surface area contributed by atoms with Crippen LogP contribution in [0.1, 0.15) is 37.3 Å². The molecule has 1 aromatic heterocycles. The molecule has 0 aliphatic rings. The maximum Gasteiger partial charge on any atom is 0.0589 e. The minimum absolute atomic E-state index is 0.308. The van der Waals surface area contributed by atoms with Gasteiger partial charge in [0.1, 0.15) is 0 Å². The highest BCUT2D eigenvalue weighted by molar-refractivity contribution is 9.10. The molecule has 0 aliphatic carbocycles. The molecule has 1 atom stereocenters. The maximum absolute atomic E-state index is 3.61. The van der Waals surface area contributed by atoms with Crippen molar-refractivity contribution in [2.75, 3.05) is 18.4 Å². The summed E-state index contributed by atoms with van der Waals surface area (Å²) in [5.74, 6) is 0. The van der Waals surface area contributed by atoms with Crippen LogP contribution in [0.3, 0.4) is 0 Å². The molecule has 4 heteroatoms. The molecule has 1 heterocycles. The first-order chi connectivity index (χ1) is 10.1. The van der Waals surface area contributed by atoms with Crippen LogP contribution in [0.25, 0.3) is 0 Å². The van der Waals surface area contributed by atoms with Crippen LogP contribution in [0.15, 0.2) is 40.2 Å². The molecular formula is C17H23BrN2S. The second-order valence-electron chi connectivity index (χ2n) is 5.16. The third-order valence-corrected chi connectivity index (χ3v) is 5.70. The molecule has 0 spiro atoms. The number of nitrogens with zero attached hydrogens (tertiary/aromatic N) is 1. The largest absolute Gasteiger partial charge is 0.378 e. The second-order valence-corrected chi connectivity index (χ2v) is 6.96. The van der Waals surface area contributed by atoms with Gasteiger partial charge in [-0.25, -0.2) is 0 Å². The lowest BCUT2D eigenvalue weighted by Gasteiger charge is -2.19. The van der Waals surface area contributed by atoms with Crippen LogP contribution in [0.2, 0.25) is 0 Å². The van der Waals surface area contributed by atoms with Crippen molar-refractivity contribution < 1.29 is 0 Å². The minimum Gasteiger partial charge on any atom is -0.378 e. The molecule has 0 fully saturated rings. The van der Waals surface area contributed by atoms with E-state index in [1.807, 2.05) is 0 Å². The Balaban J connectivity index is 2.05. The van der Waals surface area contributed by atoms with Crippen LogP contribution in [-0.2, 0) is 6.54 Å². The lowest BCUT2D eigenvalue weighted by Crippen LogP contribution is -2.22. The molecule has 1 N–H and O–H groups in total. The Morgan fingerprint density at radius 2 is 2.00 bits per heavy atom. The van der Waals surface area contributed by atoms with Crippen LogP contribution in [0, 0.1) is 0 Å². The van der Waals surface area contributed by atoms with Gasteiger partial charge in [-0.2, -0.15) is 0 Å². The van der Waals surface area contributed by atoms with Crippen molar-refractivity contribution in [2.24, 2.45) is 0 Å². The zero-order valence-corrected chi connectivity index (χ0v) is 15.3. The summed E-state index contributed by atoms with van der Waals surface area (Å²) in [6, 6.07) is 11.2. The highest BCUT2D eigenvalue weighted by Gasteiger charge is 2.11. The summed E-state index contributed by atoms with van der Waals surface area (Å²) in [6.07, 6.45) is 0. The normalized spacial score (nSPS) is 12.6. The average Bonchev–Trinajstić information content (AvgIpc) is 2.91. The molecule has 2 aromatic rings. The molecule has 0 saturated carbocycles. The van der Waals surface area contributed by atoms with Crippen LogP contribution in [0.4, 0.5) is 5.69 Å². The van der Waals surface area contributed by atoms with Gasteiger partial charge in [0, 0.05) is 21.6 Å². The Morgan fingerprint density at radius 3 is 2.62 bits per heavy atom. The summed E-state index contributed by atoms with van der Waals surface area (Å²) >= 11 is 5.39. The molecule has 21 heavy (non-hydrogen) atoms. The third kappa shape index (κ3) is 4.56. The summed E-state index contributed by atoms with van der Waals surface area (Å²) in [4.78, 5) is 3.77. The van der Waals surface area contributed by atoms with Crippen LogP contribution >= 0.6 is 27.3 Å². The fourth-order valence-electron chi connectivity index (χ4n) is 2.39. The van der Waals surface area contributed by atoms with Crippen molar-refractivity contribution in [1.29, 1.82) is 0 Å². The molecule has 0 bridgehead atoms. The van der Waals surface area contributed by atoms with Gasteiger partial charge < -0.3 is 5.32 Å². The number of thiophene rings is 1. The fraction of sp³-hybridized carbons (Fsp3) is 0.412. The van der Waals surface area contributed by atoms with E-state index >= 15 is 0 Å². The van der Waals surface area contributed by atoms with Crippen molar-refractivity contribution in [3.05, 3.63) is 50.6 Å². The van der Waals surface area contributed by atoms with E-state index in [1.165, 1.54) is 20.6 Å². The summed E-state index contributed by atoms with van der Waals surface area (Å²) in [7, 11) is 0. The van der Waals surface area contributed by atoms with E-state index in [-0.39, 0.29) is 0 Å². The zero-order chi connectivity index (χ0) is 15.2. The predicted octanol–water partition coefficient (Wildman–Crippen LogP) is 5.53. The van der Waals surface area contributed by atoms with Gasteiger partial charge in [-0.3, -0.25) is 4.90 Å². The van der Waals surface area contributed by atoms with Crippen molar-refractivity contribution in [2.45, 2.75) is 33.4 Å². The van der Waals surface area contributed by atoms with E-state index in [0.717, 1.165) is 19.6 Å². The second kappa shape index (κ2) is 7.97. The quantitative estimate of drug-likeness (QED) is 0.693. The molecule has 0 aliphatic heterocycles. The van der Waals surface area contributed by atoms with E-state index in [1.54, 1.807) is 11.3 Å². The summed E-state index contributed by atoms with van der Waals surface area (Å²) < 4.78 is 1.19. The van der Waals surface area contributed by atoms with Gasteiger partial charge in [0.25, 0.3) is 0 Å². The van der Waals surface area contributed by atoms with Gasteiger partial charge in [-0.1, -0.05) is 26.0 Å². The van der Waals surface area contributed by atoms with E-state index < -0.39 is 0 Å². The molecule has 2 nitrogen and oxygen atoms in total. The average molecular weight is 367 g/mol. The van der Waals surface area contributed by atoms with E-state index in [9.17, 15) is 0 Å². The summed E-state index contributed by atoms with van der Waals surface area (Å²) in [5, 5.41) is 5.72. The fourth-order valence-corrected chi connectivity index (χ4v) is 4.12. The molecule has 2 rings (SSSR count). The highest BCUT2D eigenvalue weighted by atomic mass is 79.9. The molecule has 0 saturated heterocycles. The molecule has 0 amide bonds. The summed E-state index contributed by atoms with van der Waals surface area (Å²) in [5.41, 5.74) is 2.55. The smallest absolute Gasteiger partial charge is 0.0589 e. The number of benzene rings is 1. The molecule has 1 unspecified atom stereocenters. The topological polar surface area (TPSA) is 15.3 Å². The summed E-state index contributed by atoms with van der Waals surface area (Å²) in [6.45, 7) is 9.82. The lowest BCUT2D eigenvalue weighted by atomic mass is 10.1. The number of hydrogen-bond donors (Lipinski definition) is 1. The van der Waals surface area contributed by atoms with Crippen molar-refractivity contribution in [3.8, 4) is 0 Å². The number of anilines is 1. The zero-order valence-electron chi connectivity index (χ0n) is 12.9. The third-order valence-electron chi connectivity index (χ3n) is 3.65. The number of rotatable bonds is 7. The SMILES string of the molecule is CCN(CC)Cc1cccc(NC(C)c2sccc2Br)c1. The molecular weight excluding hydrogens is 344 g/mol. The van der Waals surface area contributed by atoms with Crippen LogP contribution < -0.4 is 5.32 Å². The Labute approximate surface area is 140 Å². The first-order valence-corrected chi connectivity index (χ1v) is 9.12.